The van der Waals surface area contributed by atoms with E-state index < -0.39 is 0 Å². The van der Waals surface area contributed by atoms with E-state index in [0.717, 1.165) is 25.7 Å². The average molecular weight is 213 g/mol. The van der Waals surface area contributed by atoms with Crippen molar-refractivity contribution in [3.05, 3.63) is 36.0 Å². The Kier molecular flexibility index (Phi) is 2.28. The summed E-state index contributed by atoms with van der Waals surface area (Å²) < 4.78 is 0. The molecule has 2 heteroatoms. The summed E-state index contributed by atoms with van der Waals surface area (Å²) in [4.78, 5) is 14.5. The second kappa shape index (κ2) is 3.78. The van der Waals surface area contributed by atoms with Crippen LogP contribution in [0.3, 0.4) is 0 Å². The van der Waals surface area contributed by atoms with E-state index in [0.29, 0.717) is 11.7 Å². The molecular weight excluding hydrogens is 198 g/mol. The quantitative estimate of drug-likeness (QED) is 0.773. The number of nitrogens with one attached hydrogen (secondary N) is 1. The first kappa shape index (κ1) is 9.64. The molecule has 1 N–H and O–H groups in total. The van der Waals surface area contributed by atoms with Crippen LogP contribution in [0.2, 0.25) is 0 Å². The molecule has 82 valence electrons. The SMILES string of the molecule is O=C1CCC(c2cccc3[nH]ccc23)CC1. The first-order chi connectivity index (χ1) is 7.84. The number of carbonyl (C=O) groups excluding carboxylic acids is 1. The lowest BCUT2D eigenvalue weighted by Crippen LogP contribution is -2.12. The third-order valence-corrected chi connectivity index (χ3v) is 3.61. The van der Waals surface area contributed by atoms with Gasteiger partial charge in [0.25, 0.3) is 0 Å². The molecule has 1 aliphatic rings. The summed E-state index contributed by atoms with van der Waals surface area (Å²) in [5, 5.41) is 1.32. The normalized spacial score (nSPS) is 18.1. The van der Waals surface area contributed by atoms with Crippen molar-refractivity contribution < 1.29 is 4.79 Å². The minimum atomic E-state index is 0.428. The maximum absolute atomic E-state index is 11.2. The Bertz CT molecular complexity index is 516. The molecule has 16 heavy (non-hydrogen) atoms. The van der Waals surface area contributed by atoms with Gasteiger partial charge in [0.15, 0.2) is 0 Å². The highest BCUT2D eigenvalue weighted by molar-refractivity contribution is 5.84. The van der Waals surface area contributed by atoms with Gasteiger partial charge in [0.05, 0.1) is 0 Å². The maximum atomic E-state index is 11.2. The smallest absolute Gasteiger partial charge is 0.132 e. The number of H-pyrrole nitrogens is 1. The van der Waals surface area contributed by atoms with Crippen molar-refractivity contribution in [2.45, 2.75) is 31.6 Å². The van der Waals surface area contributed by atoms with Gasteiger partial charge in [-0.25, -0.2) is 0 Å². The summed E-state index contributed by atoms with van der Waals surface area (Å²) in [7, 11) is 0. The Balaban J connectivity index is 1.99. The number of rotatable bonds is 1. The molecule has 1 aromatic carbocycles. The van der Waals surface area contributed by atoms with Crippen molar-refractivity contribution >= 4 is 16.7 Å². The highest BCUT2D eigenvalue weighted by atomic mass is 16.1. The molecule has 1 saturated carbocycles. The van der Waals surface area contributed by atoms with Crippen molar-refractivity contribution in [3.8, 4) is 0 Å². The van der Waals surface area contributed by atoms with Crippen molar-refractivity contribution in [1.82, 2.24) is 4.98 Å². The summed E-state index contributed by atoms with van der Waals surface area (Å²) >= 11 is 0. The molecule has 0 bridgehead atoms. The molecule has 3 rings (SSSR count). The average Bonchev–Trinajstić information content (AvgIpc) is 2.78. The molecule has 0 unspecified atom stereocenters. The number of aromatic nitrogens is 1. The molecule has 1 aliphatic carbocycles. The number of Topliss-reactive ketones (excluding diaryl/α,β-unsaturated/α-hetero) is 1. The van der Waals surface area contributed by atoms with E-state index in [-0.39, 0.29) is 0 Å². The van der Waals surface area contributed by atoms with E-state index in [2.05, 4.69) is 29.2 Å². The summed E-state index contributed by atoms with van der Waals surface area (Å²) in [6.45, 7) is 0. The van der Waals surface area contributed by atoms with E-state index in [4.69, 9.17) is 0 Å². The lowest BCUT2D eigenvalue weighted by atomic mass is 9.82. The second-order valence-electron chi connectivity index (χ2n) is 4.60. The molecule has 0 aliphatic heterocycles. The fourth-order valence-electron chi connectivity index (χ4n) is 2.72. The van der Waals surface area contributed by atoms with Gasteiger partial charge in [-0.3, -0.25) is 4.79 Å². The molecule has 1 heterocycles. The molecule has 0 amide bonds. The van der Waals surface area contributed by atoms with Crippen molar-refractivity contribution in [1.29, 1.82) is 0 Å². The standard InChI is InChI=1S/C14H15NO/c16-11-6-4-10(5-7-11)12-2-1-3-14-13(12)8-9-15-14/h1-3,8-10,15H,4-7H2. The topological polar surface area (TPSA) is 32.9 Å². The van der Waals surface area contributed by atoms with Crippen LogP contribution in [0.25, 0.3) is 10.9 Å². The van der Waals surface area contributed by atoms with Crippen molar-refractivity contribution in [3.63, 3.8) is 0 Å². The lowest BCUT2D eigenvalue weighted by molar-refractivity contribution is -0.120. The van der Waals surface area contributed by atoms with Crippen LogP contribution in [0.4, 0.5) is 0 Å². The Hall–Kier alpha value is -1.57. The van der Waals surface area contributed by atoms with Crippen LogP contribution in [-0.2, 0) is 4.79 Å². The Labute approximate surface area is 94.7 Å². The molecule has 0 atom stereocenters. The van der Waals surface area contributed by atoms with Crippen LogP contribution in [-0.4, -0.2) is 10.8 Å². The molecular formula is C14H15NO. The van der Waals surface area contributed by atoms with Crippen molar-refractivity contribution in [2.24, 2.45) is 0 Å². The summed E-state index contributed by atoms with van der Waals surface area (Å²) in [5.74, 6) is 0.995. The van der Waals surface area contributed by atoms with Gasteiger partial charge in [0, 0.05) is 29.9 Å². The number of hydrogen-bond donors (Lipinski definition) is 1. The van der Waals surface area contributed by atoms with Crippen LogP contribution in [0.1, 0.15) is 37.2 Å². The molecule has 1 aromatic heterocycles. The van der Waals surface area contributed by atoms with Gasteiger partial charge < -0.3 is 4.98 Å². The van der Waals surface area contributed by atoms with Crippen LogP contribution in [0, 0.1) is 0 Å². The number of benzene rings is 1. The third kappa shape index (κ3) is 1.54. The number of carbonyl (C=O) groups is 1. The largest absolute Gasteiger partial charge is 0.361 e. The molecule has 0 radical (unpaired) electrons. The molecule has 0 saturated heterocycles. The van der Waals surface area contributed by atoms with Crippen LogP contribution in [0.15, 0.2) is 30.5 Å². The second-order valence-corrected chi connectivity index (χ2v) is 4.60. The van der Waals surface area contributed by atoms with E-state index in [1.165, 1.54) is 16.5 Å². The Morgan fingerprint density at radius 1 is 1.12 bits per heavy atom. The first-order valence-electron chi connectivity index (χ1n) is 5.92. The molecule has 2 nitrogen and oxygen atoms in total. The van der Waals surface area contributed by atoms with E-state index >= 15 is 0 Å². The number of ketones is 1. The van der Waals surface area contributed by atoms with Gasteiger partial charge >= 0.3 is 0 Å². The number of aromatic amines is 1. The van der Waals surface area contributed by atoms with Crippen LogP contribution >= 0.6 is 0 Å². The van der Waals surface area contributed by atoms with Crippen LogP contribution in [0.5, 0.6) is 0 Å². The third-order valence-electron chi connectivity index (χ3n) is 3.61. The minimum Gasteiger partial charge on any atom is -0.361 e. The molecule has 0 spiro atoms. The van der Waals surface area contributed by atoms with Gasteiger partial charge in [-0.1, -0.05) is 12.1 Å². The predicted octanol–water partition coefficient (Wildman–Crippen LogP) is 3.39. The van der Waals surface area contributed by atoms with Gasteiger partial charge in [-0.05, 0) is 36.5 Å². The Morgan fingerprint density at radius 3 is 2.75 bits per heavy atom. The predicted molar refractivity (Wildman–Crippen MR) is 64.5 cm³/mol. The van der Waals surface area contributed by atoms with Crippen molar-refractivity contribution in [2.75, 3.05) is 0 Å². The number of hydrogen-bond acceptors (Lipinski definition) is 1. The highest BCUT2D eigenvalue weighted by Crippen LogP contribution is 2.34. The summed E-state index contributed by atoms with van der Waals surface area (Å²) in [6.07, 6.45) is 5.53. The number of fused-ring (bicyclic) bond motifs is 1. The zero-order valence-corrected chi connectivity index (χ0v) is 9.20. The molecule has 2 aromatic rings. The highest BCUT2D eigenvalue weighted by Gasteiger charge is 2.21. The van der Waals surface area contributed by atoms with E-state index in [1.54, 1.807) is 0 Å². The fourth-order valence-corrected chi connectivity index (χ4v) is 2.72. The Morgan fingerprint density at radius 2 is 1.94 bits per heavy atom. The van der Waals surface area contributed by atoms with Gasteiger partial charge in [-0.15, -0.1) is 0 Å². The van der Waals surface area contributed by atoms with Gasteiger partial charge in [0.2, 0.25) is 0 Å². The zero-order valence-electron chi connectivity index (χ0n) is 9.20. The maximum Gasteiger partial charge on any atom is 0.132 e. The minimum absolute atomic E-state index is 0.428. The van der Waals surface area contributed by atoms with Gasteiger partial charge in [0.1, 0.15) is 5.78 Å². The van der Waals surface area contributed by atoms with E-state index in [9.17, 15) is 4.79 Å². The van der Waals surface area contributed by atoms with Crippen LogP contribution < -0.4 is 0 Å². The van der Waals surface area contributed by atoms with Gasteiger partial charge in [-0.2, -0.15) is 0 Å². The first-order valence-corrected chi connectivity index (χ1v) is 5.92. The zero-order chi connectivity index (χ0) is 11.0. The van der Waals surface area contributed by atoms with E-state index in [1.807, 2.05) is 6.20 Å². The lowest BCUT2D eigenvalue weighted by Gasteiger charge is -2.21. The monoisotopic (exact) mass is 213 g/mol. The fraction of sp³-hybridized carbons (Fsp3) is 0.357. The summed E-state index contributed by atoms with van der Waals surface area (Å²) in [5.41, 5.74) is 2.61. The molecule has 1 fully saturated rings. The summed E-state index contributed by atoms with van der Waals surface area (Å²) in [6, 6.07) is 8.55.